The van der Waals surface area contributed by atoms with Gasteiger partial charge in [-0.25, -0.2) is 4.98 Å². The summed E-state index contributed by atoms with van der Waals surface area (Å²) in [5, 5.41) is 2.86. The van der Waals surface area contributed by atoms with Crippen LogP contribution in [0.1, 0.15) is 18.7 Å². The zero-order valence-electron chi connectivity index (χ0n) is 17.6. The van der Waals surface area contributed by atoms with Gasteiger partial charge in [0.1, 0.15) is 23.9 Å². The van der Waals surface area contributed by atoms with E-state index in [-0.39, 0.29) is 12.5 Å². The van der Waals surface area contributed by atoms with Crippen LogP contribution in [0.4, 0.5) is 0 Å². The molecule has 1 N–H and O–H groups in total. The molecule has 1 aromatic heterocycles. The number of benzene rings is 2. The Labute approximate surface area is 177 Å². The van der Waals surface area contributed by atoms with Gasteiger partial charge in [0.2, 0.25) is 5.91 Å². The van der Waals surface area contributed by atoms with Crippen LogP contribution in [0, 0.1) is 0 Å². The van der Waals surface area contributed by atoms with Gasteiger partial charge < -0.3 is 24.1 Å². The number of aromatic nitrogens is 2. The normalized spacial score (nSPS) is 10.9. The number of unbranched alkanes of at least 4 members (excludes halogenated alkanes) is 1. The van der Waals surface area contributed by atoms with Crippen molar-refractivity contribution < 1.29 is 19.0 Å². The molecule has 2 aromatic carbocycles. The maximum Gasteiger partial charge on any atom is 0.245 e. The lowest BCUT2D eigenvalue weighted by Gasteiger charge is -2.11. The van der Waals surface area contributed by atoms with Gasteiger partial charge in [-0.05, 0) is 49.2 Å². The summed E-state index contributed by atoms with van der Waals surface area (Å²) in [6.45, 7) is 2.12. The van der Waals surface area contributed by atoms with Crippen LogP contribution in [0.2, 0.25) is 0 Å². The maximum absolute atomic E-state index is 11.6. The van der Waals surface area contributed by atoms with E-state index < -0.39 is 0 Å². The van der Waals surface area contributed by atoms with Crippen LogP contribution in [0.25, 0.3) is 11.0 Å². The molecule has 0 aliphatic carbocycles. The molecule has 0 spiro atoms. The van der Waals surface area contributed by atoms with Crippen molar-refractivity contribution in [2.75, 3.05) is 34.0 Å². The van der Waals surface area contributed by atoms with Crippen molar-refractivity contribution in [1.29, 1.82) is 0 Å². The number of aryl methyl sites for hydroxylation is 1. The lowest BCUT2D eigenvalue weighted by atomic mass is 10.2. The third kappa shape index (κ3) is 5.97. The molecule has 160 valence electrons. The molecular formula is C23H29N3O4. The maximum atomic E-state index is 11.6. The average Bonchev–Trinajstić information content (AvgIpc) is 3.11. The Morgan fingerprint density at radius 3 is 2.57 bits per heavy atom. The Balaban J connectivity index is 1.52. The number of hydrogen-bond donors (Lipinski definition) is 1. The van der Waals surface area contributed by atoms with Gasteiger partial charge in [0.05, 0.1) is 24.8 Å². The minimum Gasteiger partial charge on any atom is -0.497 e. The molecule has 3 aromatic rings. The van der Waals surface area contributed by atoms with Crippen LogP contribution in [0.15, 0.2) is 48.5 Å². The number of nitrogens with zero attached hydrogens (tertiary/aromatic N) is 2. The van der Waals surface area contributed by atoms with Gasteiger partial charge in [-0.3, -0.25) is 4.79 Å². The van der Waals surface area contributed by atoms with Crippen molar-refractivity contribution in [3.8, 4) is 11.5 Å². The summed E-state index contributed by atoms with van der Waals surface area (Å²) in [5.74, 6) is 2.53. The smallest absolute Gasteiger partial charge is 0.245 e. The Kier molecular flexibility index (Phi) is 8.09. The Morgan fingerprint density at radius 2 is 1.80 bits per heavy atom. The molecule has 0 saturated carbocycles. The van der Waals surface area contributed by atoms with E-state index in [1.54, 1.807) is 7.11 Å². The van der Waals surface area contributed by atoms with Gasteiger partial charge >= 0.3 is 0 Å². The number of ether oxygens (including phenoxy) is 3. The molecule has 0 radical (unpaired) electrons. The number of methoxy groups -OCH3 is 2. The third-order valence-electron chi connectivity index (χ3n) is 4.78. The van der Waals surface area contributed by atoms with E-state index >= 15 is 0 Å². The molecule has 7 heteroatoms. The number of imidazole rings is 1. The summed E-state index contributed by atoms with van der Waals surface area (Å²) >= 11 is 0. The largest absolute Gasteiger partial charge is 0.497 e. The molecular weight excluding hydrogens is 382 g/mol. The quantitative estimate of drug-likeness (QED) is 0.463. The second-order valence-electron chi connectivity index (χ2n) is 6.93. The predicted molar refractivity (Wildman–Crippen MR) is 116 cm³/mol. The topological polar surface area (TPSA) is 74.6 Å². The van der Waals surface area contributed by atoms with Crippen molar-refractivity contribution in [3.63, 3.8) is 0 Å². The number of carbonyl (C=O) groups is 1. The first-order valence-corrected chi connectivity index (χ1v) is 10.2. The first-order valence-electron chi connectivity index (χ1n) is 10.2. The van der Waals surface area contributed by atoms with Gasteiger partial charge in [-0.1, -0.05) is 12.1 Å². The van der Waals surface area contributed by atoms with Crippen molar-refractivity contribution in [3.05, 3.63) is 54.4 Å². The zero-order chi connectivity index (χ0) is 21.2. The first-order chi connectivity index (χ1) is 14.7. The van der Waals surface area contributed by atoms with Gasteiger partial charge in [0, 0.05) is 26.6 Å². The summed E-state index contributed by atoms with van der Waals surface area (Å²) in [6.07, 6.45) is 2.58. The van der Waals surface area contributed by atoms with E-state index in [2.05, 4.69) is 16.0 Å². The monoisotopic (exact) mass is 411 g/mol. The minimum atomic E-state index is -0.115. The first kappa shape index (κ1) is 21.6. The Morgan fingerprint density at radius 1 is 1.03 bits per heavy atom. The third-order valence-corrected chi connectivity index (χ3v) is 4.78. The molecule has 0 aliphatic rings. The molecule has 30 heavy (non-hydrogen) atoms. The fourth-order valence-electron chi connectivity index (χ4n) is 3.30. The fraction of sp³-hybridized carbons (Fsp3) is 0.391. The summed E-state index contributed by atoms with van der Waals surface area (Å²) in [6, 6.07) is 15.7. The van der Waals surface area contributed by atoms with Crippen molar-refractivity contribution in [2.24, 2.45) is 0 Å². The van der Waals surface area contributed by atoms with Gasteiger partial charge in [0.25, 0.3) is 0 Å². The molecule has 0 unspecified atom stereocenters. The molecule has 3 rings (SSSR count). The van der Waals surface area contributed by atoms with E-state index in [1.807, 2.05) is 42.5 Å². The second kappa shape index (κ2) is 11.2. The highest BCUT2D eigenvalue weighted by Crippen LogP contribution is 2.19. The number of fused-ring (bicyclic) bond motifs is 1. The van der Waals surface area contributed by atoms with E-state index in [9.17, 15) is 4.79 Å². The van der Waals surface area contributed by atoms with Gasteiger partial charge in [0.15, 0.2) is 0 Å². The summed E-state index contributed by atoms with van der Waals surface area (Å²) in [7, 11) is 3.16. The highest BCUT2D eigenvalue weighted by molar-refractivity contribution is 5.77. The van der Waals surface area contributed by atoms with Crippen LogP contribution >= 0.6 is 0 Å². The second-order valence-corrected chi connectivity index (χ2v) is 6.93. The number of amides is 1. The van der Waals surface area contributed by atoms with E-state index in [4.69, 9.17) is 19.2 Å². The van der Waals surface area contributed by atoms with Crippen molar-refractivity contribution >= 4 is 16.9 Å². The summed E-state index contributed by atoms with van der Waals surface area (Å²) in [5.41, 5.74) is 2.09. The molecule has 0 bridgehead atoms. The fourth-order valence-corrected chi connectivity index (χ4v) is 3.30. The van der Waals surface area contributed by atoms with Crippen molar-refractivity contribution in [1.82, 2.24) is 14.9 Å². The highest BCUT2D eigenvalue weighted by atomic mass is 16.5. The number of hydrogen-bond acceptors (Lipinski definition) is 5. The van der Waals surface area contributed by atoms with Gasteiger partial charge in [-0.15, -0.1) is 0 Å². The lowest BCUT2D eigenvalue weighted by Crippen LogP contribution is -2.29. The summed E-state index contributed by atoms with van der Waals surface area (Å²) < 4.78 is 18.1. The van der Waals surface area contributed by atoms with E-state index in [0.29, 0.717) is 19.6 Å². The Bertz CT molecular complexity index is 937. The molecule has 0 aliphatic heterocycles. The summed E-state index contributed by atoms with van der Waals surface area (Å²) in [4.78, 5) is 16.4. The van der Waals surface area contributed by atoms with Gasteiger partial charge in [-0.2, -0.15) is 0 Å². The van der Waals surface area contributed by atoms with Crippen LogP contribution < -0.4 is 14.8 Å². The minimum absolute atomic E-state index is 0.0740. The molecule has 1 heterocycles. The van der Waals surface area contributed by atoms with Crippen LogP contribution in [0.3, 0.4) is 0 Å². The molecule has 0 atom stereocenters. The molecule has 0 saturated heterocycles. The molecule has 7 nitrogen and oxygen atoms in total. The number of nitrogens with one attached hydrogen (secondary N) is 1. The molecule has 1 amide bonds. The van der Waals surface area contributed by atoms with Crippen molar-refractivity contribution in [2.45, 2.75) is 25.8 Å². The molecule has 0 fully saturated rings. The zero-order valence-corrected chi connectivity index (χ0v) is 17.6. The number of rotatable bonds is 12. The average molecular weight is 412 g/mol. The number of para-hydroxylation sites is 2. The standard InChI is InChI=1S/C23H29N3O4/c1-28-17-23(27)24-14-13-22-25-20-7-3-4-8-21(20)26(22)15-5-6-16-30-19-11-9-18(29-2)10-12-19/h3-4,7-12H,5-6,13-17H2,1-2H3,(H,24,27). The predicted octanol–water partition coefficient (Wildman–Crippen LogP) is 3.21. The van der Waals surface area contributed by atoms with Crippen LogP contribution in [0.5, 0.6) is 11.5 Å². The van der Waals surface area contributed by atoms with Crippen LogP contribution in [-0.2, 0) is 22.5 Å². The van der Waals surface area contributed by atoms with E-state index in [0.717, 1.165) is 47.7 Å². The lowest BCUT2D eigenvalue weighted by molar-refractivity contribution is -0.124. The van der Waals surface area contributed by atoms with E-state index in [1.165, 1.54) is 7.11 Å². The Hall–Kier alpha value is -3.06. The number of carbonyl (C=O) groups excluding carboxylic acids is 1. The SMILES string of the molecule is COCC(=O)NCCc1nc2ccccc2n1CCCCOc1ccc(OC)cc1. The van der Waals surface area contributed by atoms with Crippen LogP contribution in [-0.4, -0.2) is 49.4 Å². The highest BCUT2D eigenvalue weighted by Gasteiger charge is 2.10.